The molecule has 80 heavy (non-hydrogen) atoms. The van der Waals surface area contributed by atoms with Crippen LogP contribution in [0, 0.1) is 0 Å². The van der Waals surface area contributed by atoms with Gasteiger partial charge in [0, 0.05) is 19.3 Å². The molecule has 0 aromatic rings. The first-order chi connectivity index (χ1) is 39.5. The van der Waals surface area contributed by atoms with E-state index in [1.54, 1.807) is 0 Å². The van der Waals surface area contributed by atoms with E-state index in [-0.39, 0.29) is 31.1 Å². The third kappa shape index (κ3) is 65.1. The van der Waals surface area contributed by atoms with Crippen LogP contribution in [-0.2, 0) is 28.6 Å². The molecule has 0 aliphatic rings. The predicted octanol–water partition coefficient (Wildman–Crippen LogP) is 23.6. The highest BCUT2D eigenvalue weighted by Gasteiger charge is 2.19. The van der Waals surface area contributed by atoms with Gasteiger partial charge < -0.3 is 14.2 Å². The maximum Gasteiger partial charge on any atom is 0.306 e. The van der Waals surface area contributed by atoms with E-state index >= 15 is 0 Å². The highest BCUT2D eigenvalue weighted by Crippen LogP contribution is 2.16. The zero-order valence-corrected chi connectivity index (χ0v) is 52.8. The molecule has 6 nitrogen and oxygen atoms in total. The summed E-state index contributed by atoms with van der Waals surface area (Å²) in [5, 5.41) is 0. The van der Waals surface area contributed by atoms with Gasteiger partial charge in [-0.25, -0.2) is 0 Å². The van der Waals surface area contributed by atoms with E-state index in [0.717, 1.165) is 116 Å². The number of unbranched alkanes of at least 4 members (excludes halogenated alkanes) is 35. The second-order valence-electron chi connectivity index (χ2n) is 22.7. The van der Waals surface area contributed by atoms with Gasteiger partial charge in [0.25, 0.3) is 0 Å². The van der Waals surface area contributed by atoms with Crippen molar-refractivity contribution in [2.45, 2.75) is 341 Å². The Morgan fingerprint density at radius 2 is 0.487 bits per heavy atom. The normalized spacial score (nSPS) is 12.7. The first-order valence-electron chi connectivity index (χ1n) is 34.2. The molecule has 0 saturated heterocycles. The van der Waals surface area contributed by atoms with E-state index in [9.17, 15) is 14.4 Å². The van der Waals surface area contributed by atoms with Gasteiger partial charge in [-0.2, -0.15) is 0 Å². The topological polar surface area (TPSA) is 78.9 Å². The van der Waals surface area contributed by atoms with Crippen LogP contribution in [0.4, 0.5) is 0 Å². The third-order valence-electron chi connectivity index (χ3n) is 14.8. The zero-order valence-electron chi connectivity index (χ0n) is 52.8. The van der Waals surface area contributed by atoms with Crippen molar-refractivity contribution < 1.29 is 28.6 Å². The fourth-order valence-corrected chi connectivity index (χ4v) is 9.67. The Labute approximate surface area is 496 Å². The van der Waals surface area contributed by atoms with E-state index in [0.29, 0.717) is 19.3 Å². The van der Waals surface area contributed by atoms with E-state index in [4.69, 9.17) is 14.2 Å². The van der Waals surface area contributed by atoms with Crippen molar-refractivity contribution in [3.05, 3.63) is 97.2 Å². The summed E-state index contributed by atoms with van der Waals surface area (Å²) in [6.07, 6.45) is 91.3. The van der Waals surface area contributed by atoms with Crippen molar-refractivity contribution in [2.24, 2.45) is 0 Å². The summed E-state index contributed by atoms with van der Waals surface area (Å²) in [7, 11) is 0. The molecule has 0 amide bonds. The number of carbonyl (C=O) groups excluding carboxylic acids is 3. The molecule has 0 fully saturated rings. The molecule has 0 radical (unpaired) electrons. The molecular formula is C74H128O6. The van der Waals surface area contributed by atoms with Crippen LogP contribution in [0.1, 0.15) is 335 Å². The van der Waals surface area contributed by atoms with Gasteiger partial charge in [0.1, 0.15) is 13.2 Å². The molecule has 0 aliphatic heterocycles. The van der Waals surface area contributed by atoms with Gasteiger partial charge in [0.2, 0.25) is 0 Å². The lowest BCUT2D eigenvalue weighted by Crippen LogP contribution is -2.30. The van der Waals surface area contributed by atoms with E-state index < -0.39 is 6.10 Å². The van der Waals surface area contributed by atoms with Crippen molar-refractivity contribution in [2.75, 3.05) is 13.2 Å². The molecule has 460 valence electrons. The molecule has 1 atom stereocenters. The average Bonchev–Trinajstić information content (AvgIpc) is 3.46. The first kappa shape index (κ1) is 76.3. The van der Waals surface area contributed by atoms with Gasteiger partial charge in [-0.15, -0.1) is 0 Å². The molecular weight excluding hydrogens is 985 g/mol. The summed E-state index contributed by atoms with van der Waals surface area (Å²) in [5.74, 6) is -0.898. The molecule has 0 heterocycles. The van der Waals surface area contributed by atoms with E-state index in [1.165, 1.54) is 180 Å². The van der Waals surface area contributed by atoms with Crippen LogP contribution in [-0.4, -0.2) is 37.2 Å². The quantitative estimate of drug-likeness (QED) is 0.0261. The number of rotatable bonds is 62. The van der Waals surface area contributed by atoms with Gasteiger partial charge in [-0.3, -0.25) is 14.4 Å². The monoisotopic (exact) mass is 1110 g/mol. The fourth-order valence-electron chi connectivity index (χ4n) is 9.67. The summed E-state index contributed by atoms with van der Waals surface area (Å²) < 4.78 is 17.0. The minimum Gasteiger partial charge on any atom is -0.462 e. The molecule has 1 unspecified atom stereocenters. The van der Waals surface area contributed by atoms with Crippen LogP contribution in [0.2, 0.25) is 0 Å². The predicted molar refractivity (Wildman–Crippen MR) is 348 cm³/mol. The van der Waals surface area contributed by atoms with Gasteiger partial charge in [-0.1, -0.05) is 291 Å². The molecule has 0 spiro atoms. The lowest BCUT2D eigenvalue weighted by Gasteiger charge is -2.18. The number of hydrogen-bond acceptors (Lipinski definition) is 6. The lowest BCUT2D eigenvalue weighted by molar-refractivity contribution is -0.167. The van der Waals surface area contributed by atoms with Crippen LogP contribution in [0.15, 0.2) is 97.2 Å². The smallest absolute Gasteiger partial charge is 0.306 e. The van der Waals surface area contributed by atoms with Gasteiger partial charge in [-0.05, 0) is 122 Å². The van der Waals surface area contributed by atoms with Crippen molar-refractivity contribution in [3.8, 4) is 0 Å². The van der Waals surface area contributed by atoms with Crippen LogP contribution >= 0.6 is 0 Å². The van der Waals surface area contributed by atoms with Crippen molar-refractivity contribution in [3.63, 3.8) is 0 Å². The zero-order chi connectivity index (χ0) is 57.8. The Morgan fingerprint density at radius 3 is 0.787 bits per heavy atom. The molecule has 0 bridgehead atoms. The standard InChI is InChI=1S/C74H128O6/c1-4-7-10-13-16-19-22-25-28-31-33-35-37-39-41-43-46-49-52-55-58-61-64-67-73(76)79-70-71(69-78-72(75)66-63-60-57-54-51-48-45-30-27-24-21-18-15-12-9-6-3)80-74(77)68-65-62-59-56-53-50-47-44-42-40-38-36-34-32-29-26-23-20-17-14-11-8-5-2/h7,10,16,19,21,24-25,28,30,32-35,39,41,45,71H,4-6,8-9,11-15,17-18,20,22-23,26-27,29,31,36-38,40,42-44,46-70H2,1-3H3/b10-7-,19-16-,24-21-,28-25-,34-32-,35-33-,41-39-,45-30-. The van der Waals surface area contributed by atoms with Crippen molar-refractivity contribution in [1.82, 2.24) is 0 Å². The minimum atomic E-state index is -0.791. The van der Waals surface area contributed by atoms with Gasteiger partial charge in [0.05, 0.1) is 0 Å². The molecule has 6 heteroatoms. The van der Waals surface area contributed by atoms with Crippen LogP contribution in [0.25, 0.3) is 0 Å². The molecule has 0 rings (SSSR count). The van der Waals surface area contributed by atoms with Gasteiger partial charge >= 0.3 is 17.9 Å². The summed E-state index contributed by atoms with van der Waals surface area (Å²) in [4.78, 5) is 38.4. The molecule has 0 saturated carbocycles. The molecule has 0 aliphatic carbocycles. The highest BCUT2D eigenvalue weighted by atomic mass is 16.6. The Bertz CT molecular complexity index is 1560. The van der Waals surface area contributed by atoms with Crippen LogP contribution < -0.4 is 0 Å². The maximum absolute atomic E-state index is 13.0. The molecule has 0 aromatic heterocycles. The number of esters is 3. The Hall–Kier alpha value is -3.67. The van der Waals surface area contributed by atoms with Crippen molar-refractivity contribution in [1.29, 1.82) is 0 Å². The Kier molecular flexibility index (Phi) is 64.7. The second-order valence-corrected chi connectivity index (χ2v) is 22.7. The lowest BCUT2D eigenvalue weighted by atomic mass is 10.0. The summed E-state index contributed by atoms with van der Waals surface area (Å²) in [5.41, 5.74) is 0. The molecule has 0 N–H and O–H groups in total. The van der Waals surface area contributed by atoms with E-state index in [2.05, 4.69) is 118 Å². The Balaban J connectivity index is 4.39. The first-order valence-corrected chi connectivity index (χ1v) is 34.2. The maximum atomic E-state index is 13.0. The minimum absolute atomic E-state index is 0.0873. The largest absolute Gasteiger partial charge is 0.462 e. The number of ether oxygens (including phenoxy) is 3. The van der Waals surface area contributed by atoms with Gasteiger partial charge in [0.15, 0.2) is 6.10 Å². The van der Waals surface area contributed by atoms with Crippen LogP contribution in [0.5, 0.6) is 0 Å². The highest BCUT2D eigenvalue weighted by molar-refractivity contribution is 5.71. The fraction of sp³-hybridized carbons (Fsp3) is 0.743. The number of allylic oxidation sites excluding steroid dienone is 16. The SMILES string of the molecule is CC/C=C\C/C=C\C/C=C\C/C=C\C/C=C\CCCCCCCCCC(=O)OCC(COC(=O)CCCCCCC/C=C\C/C=C\CCCCCC)OC(=O)CCCCCCCCCCCCC/C=C\CCCCCCCCCC. The third-order valence-corrected chi connectivity index (χ3v) is 14.8. The average molecular weight is 1110 g/mol. The van der Waals surface area contributed by atoms with Crippen molar-refractivity contribution >= 4 is 17.9 Å². The Morgan fingerprint density at radius 1 is 0.263 bits per heavy atom. The van der Waals surface area contributed by atoms with Crippen LogP contribution in [0.3, 0.4) is 0 Å². The second kappa shape index (κ2) is 67.8. The summed E-state index contributed by atoms with van der Waals surface area (Å²) in [6, 6.07) is 0. The summed E-state index contributed by atoms with van der Waals surface area (Å²) in [6.45, 7) is 6.53. The number of hydrogen-bond donors (Lipinski definition) is 0. The number of carbonyl (C=O) groups is 3. The van der Waals surface area contributed by atoms with E-state index in [1.807, 2.05) is 0 Å². The summed E-state index contributed by atoms with van der Waals surface area (Å²) >= 11 is 0. The molecule has 0 aromatic carbocycles.